The van der Waals surface area contributed by atoms with Gasteiger partial charge in [0.2, 0.25) is 5.90 Å². The first-order valence-corrected chi connectivity index (χ1v) is 7.40. The number of carbonyl (C=O) groups is 2. The molecule has 7 heteroatoms. The van der Waals surface area contributed by atoms with E-state index < -0.39 is 17.6 Å². The average Bonchev–Trinajstić information content (AvgIpc) is 2.49. The molecule has 1 aromatic rings. The highest BCUT2D eigenvalue weighted by molar-refractivity contribution is 5.94. The highest BCUT2D eigenvalue weighted by Gasteiger charge is 2.16. The average molecular weight is 333 g/mol. The van der Waals surface area contributed by atoms with Gasteiger partial charge < -0.3 is 20.1 Å². The lowest BCUT2D eigenvalue weighted by atomic mass is 10.2. The van der Waals surface area contributed by atoms with Crippen LogP contribution < -0.4 is 10.6 Å². The number of ether oxygens (including phenoxy) is 2. The van der Waals surface area contributed by atoms with Gasteiger partial charge in [-0.1, -0.05) is 12.7 Å². The first kappa shape index (κ1) is 19.2. The molecule has 0 saturated heterocycles. The van der Waals surface area contributed by atoms with E-state index in [-0.39, 0.29) is 19.0 Å². The third kappa shape index (κ3) is 7.44. The molecule has 1 rings (SSSR count). The standard InChI is InChI=1S/C17H23N3O4/c1-5-10-23-15(18)12-6-8-13(9-7-12)20-16(22)19-11-14(21)24-17(2,3)4/h5-9,18H,1,10-11H2,2-4H3,(H2,19,20,22). The molecule has 2 amide bonds. The summed E-state index contributed by atoms with van der Waals surface area (Å²) in [6, 6.07) is 6.04. The molecule has 0 aliphatic rings. The van der Waals surface area contributed by atoms with Gasteiger partial charge in [0.15, 0.2) is 0 Å². The second kappa shape index (κ2) is 8.71. The van der Waals surface area contributed by atoms with E-state index in [0.717, 1.165) is 0 Å². The quantitative estimate of drug-likeness (QED) is 0.322. The molecule has 0 saturated carbocycles. The number of hydrogen-bond acceptors (Lipinski definition) is 5. The molecule has 0 aromatic heterocycles. The van der Waals surface area contributed by atoms with Crippen molar-refractivity contribution in [2.24, 2.45) is 0 Å². The van der Waals surface area contributed by atoms with Crippen molar-refractivity contribution in [1.29, 1.82) is 5.41 Å². The molecule has 0 aliphatic heterocycles. The molecule has 0 spiro atoms. The zero-order valence-corrected chi connectivity index (χ0v) is 14.1. The Morgan fingerprint density at radius 2 is 1.88 bits per heavy atom. The molecular weight excluding hydrogens is 310 g/mol. The van der Waals surface area contributed by atoms with E-state index in [0.29, 0.717) is 11.3 Å². The number of nitrogens with one attached hydrogen (secondary N) is 3. The second-order valence-electron chi connectivity index (χ2n) is 5.90. The summed E-state index contributed by atoms with van der Waals surface area (Å²) in [6.07, 6.45) is 1.56. The van der Waals surface area contributed by atoms with Crippen LogP contribution in [0.5, 0.6) is 0 Å². The number of hydrogen-bond donors (Lipinski definition) is 3. The molecule has 0 radical (unpaired) electrons. The number of esters is 1. The summed E-state index contributed by atoms with van der Waals surface area (Å²) in [5.74, 6) is -0.489. The van der Waals surface area contributed by atoms with Gasteiger partial charge in [0.1, 0.15) is 18.8 Å². The van der Waals surface area contributed by atoms with Crippen LogP contribution in [0.4, 0.5) is 10.5 Å². The Kier molecular flexibility index (Phi) is 6.98. The Bertz CT molecular complexity index is 603. The summed E-state index contributed by atoms with van der Waals surface area (Å²) >= 11 is 0. The van der Waals surface area contributed by atoms with Gasteiger partial charge in [-0.05, 0) is 45.0 Å². The normalized spacial score (nSPS) is 10.5. The highest BCUT2D eigenvalue weighted by Crippen LogP contribution is 2.10. The summed E-state index contributed by atoms with van der Waals surface area (Å²) in [7, 11) is 0. The molecule has 0 bridgehead atoms. The number of benzene rings is 1. The van der Waals surface area contributed by atoms with Gasteiger partial charge in [-0.15, -0.1) is 0 Å². The van der Waals surface area contributed by atoms with Crippen molar-refractivity contribution in [3.63, 3.8) is 0 Å². The van der Waals surface area contributed by atoms with Gasteiger partial charge in [-0.25, -0.2) is 4.79 Å². The summed E-state index contributed by atoms with van der Waals surface area (Å²) in [4.78, 5) is 23.2. The van der Waals surface area contributed by atoms with E-state index in [1.165, 1.54) is 0 Å². The van der Waals surface area contributed by atoms with E-state index in [1.807, 2.05) is 0 Å². The lowest BCUT2D eigenvalue weighted by Crippen LogP contribution is -2.36. The van der Waals surface area contributed by atoms with E-state index in [1.54, 1.807) is 51.1 Å². The fraction of sp³-hybridized carbons (Fsp3) is 0.353. The third-order valence-corrected chi connectivity index (χ3v) is 2.56. The number of rotatable bonds is 6. The monoisotopic (exact) mass is 333 g/mol. The van der Waals surface area contributed by atoms with Crippen molar-refractivity contribution in [1.82, 2.24) is 5.32 Å². The van der Waals surface area contributed by atoms with Crippen molar-refractivity contribution >= 4 is 23.6 Å². The molecule has 3 N–H and O–H groups in total. The number of urea groups is 1. The molecule has 1 aromatic carbocycles. The topological polar surface area (TPSA) is 101 Å². The lowest BCUT2D eigenvalue weighted by Gasteiger charge is -2.19. The largest absolute Gasteiger partial charge is 0.473 e. The Balaban J connectivity index is 2.46. The van der Waals surface area contributed by atoms with Crippen LogP contribution >= 0.6 is 0 Å². The van der Waals surface area contributed by atoms with Gasteiger partial charge in [0.25, 0.3) is 0 Å². The van der Waals surface area contributed by atoms with Crippen LogP contribution in [-0.2, 0) is 14.3 Å². The van der Waals surface area contributed by atoms with Gasteiger partial charge in [0.05, 0.1) is 0 Å². The predicted molar refractivity (Wildman–Crippen MR) is 92.3 cm³/mol. The minimum Gasteiger partial charge on any atom is -0.473 e. The molecular formula is C17H23N3O4. The summed E-state index contributed by atoms with van der Waals surface area (Å²) < 4.78 is 10.2. The van der Waals surface area contributed by atoms with Crippen LogP contribution in [0, 0.1) is 5.41 Å². The molecule has 0 unspecified atom stereocenters. The first-order valence-electron chi connectivity index (χ1n) is 7.40. The van der Waals surface area contributed by atoms with Crippen molar-refractivity contribution in [3.8, 4) is 0 Å². The van der Waals surface area contributed by atoms with Crippen LogP contribution in [0.2, 0.25) is 0 Å². The van der Waals surface area contributed by atoms with Crippen LogP contribution in [0.3, 0.4) is 0 Å². The fourth-order valence-electron chi connectivity index (χ4n) is 1.64. The molecule has 0 atom stereocenters. The third-order valence-electron chi connectivity index (χ3n) is 2.56. The van der Waals surface area contributed by atoms with Crippen molar-refractivity contribution < 1.29 is 19.1 Å². The molecule has 0 heterocycles. The smallest absolute Gasteiger partial charge is 0.325 e. The molecule has 24 heavy (non-hydrogen) atoms. The molecule has 7 nitrogen and oxygen atoms in total. The van der Waals surface area contributed by atoms with Crippen LogP contribution in [-0.4, -0.2) is 36.7 Å². The zero-order valence-electron chi connectivity index (χ0n) is 14.1. The van der Waals surface area contributed by atoms with Gasteiger partial charge in [-0.3, -0.25) is 10.2 Å². The Hall–Kier alpha value is -2.83. The van der Waals surface area contributed by atoms with E-state index >= 15 is 0 Å². The van der Waals surface area contributed by atoms with Gasteiger partial charge in [0, 0.05) is 11.3 Å². The molecule has 130 valence electrons. The Labute approximate surface area is 141 Å². The SMILES string of the molecule is C=CCOC(=N)c1ccc(NC(=O)NCC(=O)OC(C)(C)C)cc1. The van der Waals surface area contributed by atoms with Crippen molar-refractivity contribution in [2.75, 3.05) is 18.5 Å². The Morgan fingerprint density at radius 3 is 2.42 bits per heavy atom. The van der Waals surface area contributed by atoms with E-state index in [2.05, 4.69) is 17.2 Å². The van der Waals surface area contributed by atoms with E-state index in [9.17, 15) is 9.59 Å². The minimum absolute atomic E-state index is 0.0239. The van der Waals surface area contributed by atoms with Crippen LogP contribution in [0.25, 0.3) is 0 Å². The lowest BCUT2D eigenvalue weighted by molar-refractivity contribution is -0.153. The number of carbonyl (C=O) groups excluding carboxylic acids is 2. The Morgan fingerprint density at radius 1 is 1.25 bits per heavy atom. The maximum absolute atomic E-state index is 11.7. The highest BCUT2D eigenvalue weighted by atomic mass is 16.6. The van der Waals surface area contributed by atoms with Crippen LogP contribution in [0.15, 0.2) is 36.9 Å². The molecule has 0 aliphatic carbocycles. The number of anilines is 1. The second-order valence-corrected chi connectivity index (χ2v) is 5.90. The number of amides is 2. The predicted octanol–water partition coefficient (Wildman–Crippen LogP) is 2.68. The fourth-order valence-corrected chi connectivity index (χ4v) is 1.64. The zero-order chi connectivity index (χ0) is 18.2. The van der Waals surface area contributed by atoms with Gasteiger partial charge >= 0.3 is 12.0 Å². The summed E-state index contributed by atoms with van der Waals surface area (Å²) in [5.41, 5.74) is 0.511. The van der Waals surface area contributed by atoms with Gasteiger partial charge in [-0.2, -0.15) is 0 Å². The minimum atomic E-state index is -0.594. The van der Waals surface area contributed by atoms with Crippen molar-refractivity contribution in [3.05, 3.63) is 42.5 Å². The van der Waals surface area contributed by atoms with E-state index in [4.69, 9.17) is 14.9 Å². The van der Waals surface area contributed by atoms with Crippen LogP contribution in [0.1, 0.15) is 26.3 Å². The van der Waals surface area contributed by atoms with Crippen molar-refractivity contribution in [2.45, 2.75) is 26.4 Å². The molecule has 0 fully saturated rings. The maximum Gasteiger partial charge on any atom is 0.325 e. The first-order chi connectivity index (χ1) is 11.2. The maximum atomic E-state index is 11.7. The summed E-state index contributed by atoms with van der Waals surface area (Å²) in [5, 5.41) is 12.7. The summed E-state index contributed by atoms with van der Waals surface area (Å²) in [6.45, 7) is 8.81.